The highest BCUT2D eigenvalue weighted by molar-refractivity contribution is 5.74. The topological polar surface area (TPSA) is 52.6 Å². The first-order chi connectivity index (χ1) is 11.7. The number of nitrogens with zero attached hydrogens (tertiary/aromatic N) is 1. The average Bonchev–Trinajstić information content (AvgIpc) is 3.42. The number of hydrogen-bond acceptors (Lipinski definition) is 2. The third kappa shape index (κ3) is 3.95. The molecule has 2 aromatic carbocycles. The molecule has 0 aromatic heterocycles. The Labute approximate surface area is 143 Å². The molecule has 0 aliphatic heterocycles. The molecule has 2 amide bonds. The maximum atomic E-state index is 12.5. The van der Waals surface area contributed by atoms with Crippen molar-refractivity contribution < 1.29 is 9.90 Å². The first kappa shape index (κ1) is 16.5. The van der Waals surface area contributed by atoms with E-state index in [-0.39, 0.29) is 18.1 Å². The Hall–Kier alpha value is -2.33. The van der Waals surface area contributed by atoms with Gasteiger partial charge < -0.3 is 15.3 Å². The lowest BCUT2D eigenvalue weighted by Gasteiger charge is -2.24. The van der Waals surface area contributed by atoms with Gasteiger partial charge in [-0.2, -0.15) is 0 Å². The van der Waals surface area contributed by atoms with Crippen LogP contribution in [0.1, 0.15) is 24.0 Å². The van der Waals surface area contributed by atoms with Gasteiger partial charge in [0.05, 0.1) is 6.61 Å². The highest BCUT2D eigenvalue weighted by atomic mass is 16.3. The summed E-state index contributed by atoms with van der Waals surface area (Å²) in [5.41, 5.74) is 2.45. The van der Waals surface area contributed by atoms with Gasteiger partial charge in [-0.15, -0.1) is 0 Å². The van der Waals surface area contributed by atoms with Crippen LogP contribution >= 0.6 is 0 Å². The molecule has 3 rings (SSSR count). The molecular weight excluding hydrogens is 300 g/mol. The summed E-state index contributed by atoms with van der Waals surface area (Å²) >= 11 is 0. The maximum absolute atomic E-state index is 12.5. The van der Waals surface area contributed by atoms with E-state index >= 15 is 0 Å². The fourth-order valence-electron chi connectivity index (χ4n) is 3.04. The van der Waals surface area contributed by atoms with E-state index in [0.717, 1.165) is 18.4 Å². The van der Waals surface area contributed by atoms with Crippen molar-refractivity contribution in [3.8, 4) is 0 Å². The van der Waals surface area contributed by atoms with E-state index in [2.05, 4.69) is 17.4 Å². The quantitative estimate of drug-likeness (QED) is 0.823. The van der Waals surface area contributed by atoms with Gasteiger partial charge in [0.25, 0.3) is 0 Å². The number of benzene rings is 2. The molecule has 2 N–H and O–H groups in total. The number of aliphatic hydroxyl groups excluding tert-OH is 1. The molecule has 0 heterocycles. The molecule has 0 saturated heterocycles. The molecule has 4 nitrogen and oxygen atoms in total. The largest absolute Gasteiger partial charge is 0.395 e. The first-order valence-corrected chi connectivity index (χ1v) is 8.47. The molecule has 0 atom stereocenters. The zero-order valence-electron chi connectivity index (χ0n) is 13.8. The van der Waals surface area contributed by atoms with Gasteiger partial charge in [0, 0.05) is 25.0 Å². The summed E-state index contributed by atoms with van der Waals surface area (Å²) in [6.45, 7) is 1.45. The Morgan fingerprint density at radius 3 is 2.25 bits per heavy atom. The minimum absolute atomic E-state index is 0.0376. The summed E-state index contributed by atoms with van der Waals surface area (Å²) in [7, 11) is 0. The van der Waals surface area contributed by atoms with Crippen LogP contribution in [0.15, 0.2) is 60.7 Å². The standard InChI is InChI=1S/C20H24N2O2/c23-14-13-22(15-17-7-3-1-4-8-17)19(24)21-16-20(11-12-20)18-9-5-2-6-10-18/h1-10,23H,11-16H2,(H,21,24). The molecule has 126 valence electrons. The minimum Gasteiger partial charge on any atom is -0.395 e. The van der Waals surface area contributed by atoms with Crippen molar-refractivity contribution in [2.45, 2.75) is 24.8 Å². The predicted octanol–water partition coefficient (Wildman–Crippen LogP) is 2.92. The molecule has 2 aromatic rings. The van der Waals surface area contributed by atoms with Gasteiger partial charge in [0.15, 0.2) is 0 Å². The number of nitrogens with one attached hydrogen (secondary N) is 1. The highest BCUT2D eigenvalue weighted by Crippen LogP contribution is 2.47. The SMILES string of the molecule is O=C(NCC1(c2ccccc2)CC1)N(CCO)Cc1ccccc1. The van der Waals surface area contributed by atoms with Crippen LogP contribution in [-0.2, 0) is 12.0 Å². The summed E-state index contributed by atoms with van der Waals surface area (Å²) in [5, 5.41) is 12.3. The number of carbonyl (C=O) groups is 1. The lowest BCUT2D eigenvalue weighted by atomic mass is 9.96. The van der Waals surface area contributed by atoms with Crippen LogP contribution in [0.25, 0.3) is 0 Å². The van der Waals surface area contributed by atoms with Crippen LogP contribution < -0.4 is 5.32 Å². The Balaban J connectivity index is 1.60. The van der Waals surface area contributed by atoms with Gasteiger partial charge in [0.1, 0.15) is 0 Å². The Morgan fingerprint density at radius 2 is 1.67 bits per heavy atom. The fourth-order valence-corrected chi connectivity index (χ4v) is 3.04. The van der Waals surface area contributed by atoms with Crippen molar-refractivity contribution in [2.75, 3.05) is 19.7 Å². The van der Waals surface area contributed by atoms with E-state index in [9.17, 15) is 9.90 Å². The summed E-state index contributed by atoms with van der Waals surface area (Å²) in [5.74, 6) is 0. The second-order valence-electron chi connectivity index (χ2n) is 6.44. The molecule has 1 saturated carbocycles. The van der Waals surface area contributed by atoms with E-state index in [4.69, 9.17) is 0 Å². The second kappa shape index (κ2) is 7.49. The predicted molar refractivity (Wildman–Crippen MR) is 94.7 cm³/mol. The van der Waals surface area contributed by atoms with Crippen LogP contribution in [0.2, 0.25) is 0 Å². The molecule has 0 unspecified atom stereocenters. The van der Waals surface area contributed by atoms with Crippen molar-refractivity contribution in [1.82, 2.24) is 10.2 Å². The van der Waals surface area contributed by atoms with Crippen LogP contribution in [0.4, 0.5) is 4.79 Å². The third-order valence-electron chi connectivity index (χ3n) is 4.69. The number of amides is 2. The molecular formula is C20H24N2O2. The molecule has 4 heteroatoms. The summed E-state index contributed by atoms with van der Waals surface area (Å²) < 4.78 is 0. The van der Waals surface area contributed by atoms with Crippen molar-refractivity contribution in [1.29, 1.82) is 0 Å². The van der Waals surface area contributed by atoms with Gasteiger partial charge >= 0.3 is 6.03 Å². The Bertz CT molecular complexity index is 654. The van der Waals surface area contributed by atoms with Crippen LogP contribution in [0.5, 0.6) is 0 Å². The molecule has 1 fully saturated rings. The zero-order valence-corrected chi connectivity index (χ0v) is 13.8. The van der Waals surface area contributed by atoms with E-state index in [1.54, 1.807) is 4.90 Å². The first-order valence-electron chi connectivity index (χ1n) is 8.47. The molecule has 0 bridgehead atoms. The van der Waals surface area contributed by atoms with E-state index in [0.29, 0.717) is 19.6 Å². The molecule has 1 aliphatic carbocycles. The van der Waals surface area contributed by atoms with Gasteiger partial charge in [0.2, 0.25) is 0 Å². The average molecular weight is 324 g/mol. The molecule has 24 heavy (non-hydrogen) atoms. The fraction of sp³-hybridized carbons (Fsp3) is 0.350. The van der Waals surface area contributed by atoms with Gasteiger partial charge in [-0.1, -0.05) is 60.7 Å². The smallest absolute Gasteiger partial charge is 0.317 e. The van der Waals surface area contributed by atoms with Crippen molar-refractivity contribution in [2.24, 2.45) is 0 Å². The van der Waals surface area contributed by atoms with Gasteiger partial charge in [-0.05, 0) is 24.0 Å². The number of aliphatic hydroxyl groups is 1. The van der Waals surface area contributed by atoms with Gasteiger partial charge in [-0.25, -0.2) is 4.79 Å². The number of carbonyl (C=O) groups excluding carboxylic acids is 1. The van der Waals surface area contributed by atoms with E-state index in [1.165, 1.54) is 5.56 Å². The molecule has 0 spiro atoms. The van der Waals surface area contributed by atoms with Crippen LogP contribution in [-0.4, -0.2) is 35.7 Å². The summed E-state index contributed by atoms with van der Waals surface area (Å²) in [6, 6.07) is 20.1. The number of rotatable bonds is 7. The lowest BCUT2D eigenvalue weighted by molar-refractivity contribution is 0.173. The summed E-state index contributed by atoms with van der Waals surface area (Å²) in [6.07, 6.45) is 2.21. The normalized spacial score (nSPS) is 14.9. The zero-order chi connectivity index (χ0) is 16.8. The number of hydrogen-bond donors (Lipinski definition) is 2. The van der Waals surface area contributed by atoms with E-state index < -0.39 is 0 Å². The van der Waals surface area contributed by atoms with Gasteiger partial charge in [-0.3, -0.25) is 0 Å². The van der Waals surface area contributed by atoms with Crippen LogP contribution in [0.3, 0.4) is 0 Å². The minimum atomic E-state index is -0.116. The Kier molecular flexibility index (Phi) is 5.16. The van der Waals surface area contributed by atoms with Crippen molar-refractivity contribution >= 4 is 6.03 Å². The van der Waals surface area contributed by atoms with Crippen molar-refractivity contribution in [3.05, 3.63) is 71.8 Å². The van der Waals surface area contributed by atoms with Crippen LogP contribution in [0, 0.1) is 0 Å². The maximum Gasteiger partial charge on any atom is 0.317 e. The van der Waals surface area contributed by atoms with Crippen molar-refractivity contribution in [3.63, 3.8) is 0 Å². The Morgan fingerprint density at radius 1 is 1.04 bits per heavy atom. The lowest BCUT2D eigenvalue weighted by Crippen LogP contribution is -2.43. The molecule has 1 aliphatic rings. The molecule has 0 radical (unpaired) electrons. The third-order valence-corrected chi connectivity index (χ3v) is 4.69. The second-order valence-corrected chi connectivity index (χ2v) is 6.44. The van der Waals surface area contributed by atoms with E-state index in [1.807, 2.05) is 48.5 Å². The monoisotopic (exact) mass is 324 g/mol. The number of urea groups is 1. The highest BCUT2D eigenvalue weighted by Gasteiger charge is 2.44. The summed E-state index contributed by atoms with van der Waals surface area (Å²) in [4.78, 5) is 14.2.